The predicted octanol–water partition coefficient (Wildman–Crippen LogP) is 3.84. The van der Waals surface area contributed by atoms with Gasteiger partial charge in [-0.3, -0.25) is 9.69 Å². The first-order valence-electron chi connectivity index (χ1n) is 9.18. The number of nitrogens with zero attached hydrogens (tertiary/aromatic N) is 3. The Kier molecular flexibility index (Phi) is 4.73. The van der Waals surface area contributed by atoms with Gasteiger partial charge in [0.05, 0.1) is 11.8 Å². The Morgan fingerprint density at radius 3 is 2.64 bits per heavy atom. The average molecular weight is 379 g/mol. The number of aromatic nitrogens is 2. The van der Waals surface area contributed by atoms with Crippen LogP contribution in [0.4, 0.5) is 5.69 Å². The van der Waals surface area contributed by atoms with Gasteiger partial charge in [0.15, 0.2) is 6.10 Å². The van der Waals surface area contributed by atoms with Crippen LogP contribution >= 0.6 is 0 Å². The van der Waals surface area contributed by atoms with Gasteiger partial charge in [-0.1, -0.05) is 17.3 Å². The minimum absolute atomic E-state index is 0.110. The summed E-state index contributed by atoms with van der Waals surface area (Å²) < 4.78 is 16.7. The summed E-state index contributed by atoms with van der Waals surface area (Å²) in [5.74, 6) is 2.12. The SMILES string of the molecule is CC(C)Oc1ccc(-c2noc(CN3C(=O)[C@@H](C)Oc4ccccc43)n2)cc1. The maximum atomic E-state index is 12.6. The van der Waals surface area contributed by atoms with Gasteiger partial charge in [0.2, 0.25) is 11.7 Å². The van der Waals surface area contributed by atoms with Crippen molar-refractivity contribution in [1.82, 2.24) is 10.1 Å². The van der Waals surface area contributed by atoms with Crippen LogP contribution in [0.5, 0.6) is 11.5 Å². The predicted molar refractivity (Wildman–Crippen MR) is 103 cm³/mol. The number of carbonyl (C=O) groups excluding carboxylic acids is 1. The molecule has 7 nitrogen and oxygen atoms in total. The fourth-order valence-electron chi connectivity index (χ4n) is 3.05. The van der Waals surface area contributed by atoms with Gasteiger partial charge in [-0.05, 0) is 57.2 Å². The van der Waals surface area contributed by atoms with E-state index in [1.165, 1.54) is 0 Å². The van der Waals surface area contributed by atoms with E-state index in [0.717, 1.165) is 11.3 Å². The lowest BCUT2D eigenvalue weighted by molar-refractivity contribution is -0.125. The fourth-order valence-corrected chi connectivity index (χ4v) is 3.05. The summed E-state index contributed by atoms with van der Waals surface area (Å²) in [6, 6.07) is 14.9. The molecule has 2 heterocycles. The lowest BCUT2D eigenvalue weighted by Crippen LogP contribution is -2.44. The second-order valence-corrected chi connectivity index (χ2v) is 6.85. The van der Waals surface area contributed by atoms with Crippen LogP contribution < -0.4 is 14.4 Å². The maximum Gasteiger partial charge on any atom is 0.268 e. The van der Waals surface area contributed by atoms with Crippen molar-refractivity contribution in [3.8, 4) is 22.9 Å². The van der Waals surface area contributed by atoms with E-state index in [0.29, 0.717) is 23.2 Å². The topological polar surface area (TPSA) is 77.7 Å². The lowest BCUT2D eigenvalue weighted by Gasteiger charge is -2.31. The molecule has 7 heteroatoms. The summed E-state index contributed by atoms with van der Waals surface area (Å²) in [7, 11) is 0. The van der Waals surface area contributed by atoms with Crippen LogP contribution in [0.1, 0.15) is 26.7 Å². The Hall–Kier alpha value is -3.35. The molecule has 144 valence electrons. The zero-order valence-electron chi connectivity index (χ0n) is 16.0. The van der Waals surface area contributed by atoms with E-state index in [1.807, 2.05) is 62.4 Å². The van der Waals surface area contributed by atoms with Crippen molar-refractivity contribution in [2.45, 2.75) is 39.5 Å². The van der Waals surface area contributed by atoms with Crippen molar-refractivity contribution in [2.75, 3.05) is 4.90 Å². The number of ether oxygens (including phenoxy) is 2. The van der Waals surface area contributed by atoms with Crippen molar-refractivity contribution in [3.63, 3.8) is 0 Å². The molecule has 0 radical (unpaired) electrons. The molecule has 4 rings (SSSR count). The molecule has 1 atom stereocenters. The molecule has 3 aromatic rings. The molecule has 28 heavy (non-hydrogen) atoms. The van der Waals surface area contributed by atoms with Gasteiger partial charge in [-0.15, -0.1) is 0 Å². The van der Waals surface area contributed by atoms with Crippen LogP contribution in [-0.2, 0) is 11.3 Å². The van der Waals surface area contributed by atoms with Gasteiger partial charge in [-0.25, -0.2) is 0 Å². The van der Waals surface area contributed by atoms with E-state index in [4.69, 9.17) is 14.0 Å². The highest BCUT2D eigenvalue weighted by molar-refractivity contribution is 5.99. The van der Waals surface area contributed by atoms with Gasteiger partial charge in [-0.2, -0.15) is 4.98 Å². The van der Waals surface area contributed by atoms with Crippen LogP contribution in [0.25, 0.3) is 11.4 Å². The summed E-state index contributed by atoms with van der Waals surface area (Å²) in [6.07, 6.45) is -0.454. The first-order valence-corrected chi connectivity index (χ1v) is 9.18. The number of hydrogen-bond donors (Lipinski definition) is 0. The zero-order chi connectivity index (χ0) is 19.7. The molecule has 1 aliphatic heterocycles. The van der Waals surface area contributed by atoms with E-state index in [9.17, 15) is 4.79 Å². The van der Waals surface area contributed by atoms with E-state index in [1.54, 1.807) is 11.8 Å². The molecule has 2 aromatic carbocycles. The Morgan fingerprint density at radius 2 is 1.89 bits per heavy atom. The molecular formula is C21H21N3O4. The van der Waals surface area contributed by atoms with E-state index < -0.39 is 6.10 Å². The number of benzene rings is 2. The molecule has 1 aliphatic rings. The summed E-state index contributed by atoms with van der Waals surface area (Å²) in [5, 5.41) is 4.05. The Balaban J connectivity index is 1.54. The minimum atomic E-state index is -0.564. The van der Waals surface area contributed by atoms with Crippen molar-refractivity contribution in [3.05, 3.63) is 54.4 Å². The van der Waals surface area contributed by atoms with E-state index in [2.05, 4.69) is 10.1 Å². The molecular weight excluding hydrogens is 358 g/mol. The molecule has 0 aliphatic carbocycles. The standard InChI is InChI=1S/C21H21N3O4/c1-13(2)26-16-10-8-15(9-11-16)20-22-19(28-23-20)12-24-17-6-4-5-7-18(17)27-14(3)21(24)25/h4-11,13-14H,12H2,1-3H3/t14-/m1/s1. The Labute approximate surface area is 162 Å². The van der Waals surface area contributed by atoms with Crippen molar-refractivity contribution in [1.29, 1.82) is 0 Å². The normalized spacial score (nSPS) is 16.1. The van der Waals surface area contributed by atoms with Crippen LogP contribution in [0.3, 0.4) is 0 Å². The van der Waals surface area contributed by atoms with Gasteiger partial charge in [0, 0.05) is 5.56 Å². The molecule has 1 amide bonds. The summed E-state index contributed by atoms with van der Waals surface area (Å²) in [6.45, 7) is 5.87. The highest BCUT2D eigenvalue weighted by Crippen LogP contribution is 2.34. The van der Waals surface area contributed by atoms with Gasteiger partial charge in [0.1, 0.15) is 18.0 Å². The van der Waals surface area contributed by atoms with Gasteiger partial charge < -0.3 is 14.0 Å². The number of anilines is 1. The van der Waals surface area contributed by atoms with Crippen molar-refractivity contribution >= 4 is 11.6 Å². The summed E-state index contributed by atoms with van der Waals surface area (Å²) in [5.41, 5.74) is 1.51. The highest BCUT2D eigenvalue weighted by Gasteiger charge is 2.32. The van der Waals surface area contributed by atoms with E-state index in [-0.39, 0.29) is 18.6 Å². The summed E-state index contributed by atoms with van der Waals surface area (Å²) >= 11 is 0. The Morgan fingerprint density at radius 1 is 1.14 bits per heavy atom. The monoisotopic (exact) mass is 379 g/mol. The zero-order valence-corrected chi connectivity index (χ0v) is 16.0. The molecule has 0 saturated carbocycles. The number of fused-ring (bicyclic) bond motifs is 1. The number of amides is 1. The smallest absolute Gasteiger partial charge is 0.268 e. The molecule has 0 spiro atoms. The number of carbonyl (C=O) groups is 1. The third-order valence-electron chi connectivity index (χ3n) is 4.32. The maximum absolute atomic E-state index is 12.6. The molecule has 0 N–H and O–H groups in total. The third kappa shape index (κ3) is 3.55. The second kappa shape index (κ2) is 7.34. The quantitative estimate of drug-likeness (QED) is 0.670. The fraction of sp³-hybridized carbons (Fsp3) is 0.286. The first kappa shape index (κ1) is 18.0. The minimum Gasteiger partial charge on any atom is -0.491 e. The Bertz CT molecular complexity index is 981. The second-order valence-electron chi connectivity index (χ2n) is 6.85. The first-order chi connectivity index (χ1) is 13.5. The third-order valence-corrected chi connectivity index (χ3v) is 4.32. The van der Waals surface area contributed by atoms with Crippen LogP contribution in [0, 0.1) is 0 Å². The average Bonchev–Trinajstić information content (AvgIpc) is 3.14. The van der Waals surface area contributed by atoms with Gasteiger partial charge >= 0.3 is 0 Å². The van der Waals surface area contributed by atoms with Crippen molar-refractivity contribution < 1.29 is 18.8 Å². The van der Waals surface area contributed by atoms with Crippen molar-refractivity contribution in [2.24, 2.45) is 0 Å². The molecule has 0 fully saturated rings. The van der Waals surface area contributed by atoms with Crippen LogP contribution in [0.15, 0.2) is 53.1 Å². The van der Waals surface area contributed by atoms with Crippen LogP contribution in [-0.4, -0.2) is 28.3 Å². The number of rotatable bonds is 5. The number of para-hydroxylation sites is 2. The highest BCUT2D eigenvalue weighted by atomic mass is 16.5. The van der Waals surface area contributed by atoms with Gasteiger partial charge in [0.25, 0.3) is 5.91 Å². The van der Waals surface area contributed by atoms with E-state index >= 15 is 0 Å². The van der Waals surface area contributed by atoms with Crippen LogP contribution in [0.2, 0.25) is 0 Å². The number of hydrogen-bond acceptors (Lipinski definition) is 6. The lowest BCUT2D eigenvalue weighted by atomic mass is 10.2. The molecule has 1 aromatic heterocycles. The molecule has 0 saturated heterocycles. The molecule has 0 bridgehead atoms. The largest absolute Gasteiger partial charge is 0.491 e. The molecule has 0 unspecified atom stereocenters. The summed E-state index contributed by atoms with van der Waals surface area (Å²) in [4.78, 5) is 18.6.